The van der Waals surface area contributed by atoms with Gasteiger partial charge in [-0.25, -0.2) is 0 Å². The Morgan fingerprint density at radius 1 is 0.966 bits per heavy atom. The molecule has 0 unspecified atom stereocenters. The third-order valence-corrected chi connectivity index (χ3v) is 5.83. The van der Waals surface area contributed by atoms with Crippen molar-refractivity contribution in [2.24, 2.45) is 11.8 Å². The van der Waals surface area contributed by atoms with Gasteiger partial charge in [-0.3, -0.25) is 0 Å². The van der Waals surface area contributed by atoms with E-state index in [-0.39, 0.29) is 12.0 Å². The lowest BCUT2D eigenvalue weighted by molar-refractivity contribution is -0.100. The molecular weight excluding hydrogens is 360 g/mol. The molecule has 3 nitrogen and oxygen atoms in total. The molecule has 3 rings (SSSR count). The number of hydrogen-bond acceptors (Lipinski definition) is 3. The maximum absolute atomic E-state index is 11.1. The van der Waals surface area contributed by atoms with E-state index in [1.54, 1.807) is 0 Å². The number of rotatable bonds is 10. The number of allylic oxidation sites excluding steroid dienone is 1. The highest BCUT2D eigenvalue weighted by Gasteiger charge is 2.29. The van der Waals surface area contributed by atoms with Gasteiger partial charge in [-0.2, -0.15) is 0 Å². The van der Waals surface area contributed by atoms with Gasteiger partial charge in [0.05, 0.1) is 25.9 Å². The molecule has 0 saturated carbocycles. The molecule has 0 aliphatic heterocycles. The van der Waals surface area contributed by atoms with Crippen LogP contribution in [0.2, 0.25) is 0 Å². The summed E-state index contributed by atoms with van der Waals surface area (Å²) in [5.41, 5.74) is 3.58. The van der Waals surface area contributed by atoms with Gasteiger partial charge < -0.3 is 14.6 Å². The van der Waals surface area contributed by atoms with Gasteiger partial charge >= 0.3 is 0 Å². The molecule has 3 heteroatoms. The molecule has 1 aliphatic carbocycles. The van der Waals surface area contributed by atoms with Crippen molar-refractivity contribution in [1.29, 1.82) is 0 Å². The van der Waals surface area contributed by atoms with Crippen LogP contribution in [-0.2, 0) is 22.7 Å². The third-order valence-electron chi connectivity index (χ3n) is 5.83. The summed E-state index contributed by atoms with van der Waals surface area (Å²) in [5, 5.41) is 11.1. The Balaban J connectivity index is 1.62. The van der Waals surface area contributed by atoms with Crippen molar-refractivity contribution in [2.75, 3.05) is 6.61 Å². The lowest BCUT2D eigenvalue weighted by Gasteiger charge is -2.32. The van der Waals surface area contributed by atoms with Crippen LogP contribution in [0.3, 0.4) is 0 Å². The maximum atomic E-state index is 11.1. The molecule has 2 aromatic carbocycles. The van der Waals surface area contributed by atoms with Gasteiger partial charge in [0.2, 0.25) is 0 Å². The fourth-order valence-corrected chi connectivity index (χ4v) is 3.94. The van der Waals surface area contributed by atoms with Crippen molar-refractivity contribution in [3.63, 3.8) is 0 Å². The molecule has 1 N–H and O–H groups in total. The zero-order valence-electron chi connectivity index (χ0n) is 17.7. The normalized spacial score (nSPS) is 20.0. The highest BCUT2D eigenvalue weighted by Crippen LogP contribution is 2.31. The quantitative estimate of drug-likeness (QED) is 0.538. The number of ether oxygens (including phenoxy) is 2. The number of aliphatic hydroxyl groups excluding tert-OH is 1. The summed E-state index contributed by atoms with van der Waals surface area (Å²) in [6, 6.07) is 20.2. The molecule has 4 atom stereocenters. The largest absolute Gasteiger partial charge is 0.390 e. The van der Waals surface area contributed by atoms with E-state index >= 15 is 0 Å². The monoisotopic (exact) mass is 394 g/mol. The summed E-state index contributed by atoms with van der Waals surface area (Å²) >= 11 is 0. The smallest absolute Gasteiger partial charge is 0.108 e. The molecule has 29 heavy (non-hydrogen) atoms. The number of hydrogen-bond donors (Lipinski definition) is 1. The van der Waals surface area contributed by atoms with Crippen LogP contribution in [0, 0.1) is 11.8 Å². The van der Waals surface area contributed by atoms with E-state index < -0.39 is 6.10 Å². The predicted molar refractivity (Wildman–Crippen MR) is 117 cm³/mol. The van der Waals surface area contributed by atoms with E-state index in [4.69, 9.17) is 9.47 Å². The van der Waals surface area contributed by atoms with Crippen molar-refractivity contribution in [2.45, 2.75) is 58.5 Å². The molecule has 1 aliphatic rings. The first-order chi connectivity index (χ1) is 14.1. The summed E-state index contributed by atoms with van der Waals surface area (Å²) < 4.78 is 12.1. The fourth-order valence-electron chi connectivity index (χ4n) is 3.94. The molecule has 0 bridgehead atoms. The van der Waals surface area contributed by atoms with Crippen LogP contribution in [0.4, 0.5) is 0 Å². The van der Waals surface area contributed by atoms with Crippen LogP contribution in [-0.4, -0.2) is 23.9 Å². The van der Waals surface area contributed by atoms with Gasteiger partial charge in [0, 0.05) is 5.92 Å². The first-order valence-corrected chi connectivity index (χ1v) is 10.8. The Kier molecular flexibility index (Phi) is 8.48. The molecule has 0 aromatic heterocycles. The van der Waals surface area contributed by atoms with Crippen molar-refractivity contribution in [3.05, 3.63) is 83.4 Å². The summed E-state index contributed by atoms with van der Waals surface area (Å²) in [7, 11) is 0. The SMILES string of the molecule is C[C@@H]1CCC=C([C@@H](C)[C@@H](O)[C@@H](COCc2ccccc2)OCc2ccccc2)C1. The minimum Gasteiger partial charge on any atom is -0.390 e. The topological polar surface area (TPSA) is 38.7 Å². The second-order valence-corrected chi connectivity index (χ2v) is 8.28. The fraction of sp³-hybridized carbons (Fsp3) is 0.462. The van der Waals surface area contributed by atoms with Gasteiger partial charge in [-0.15, -0.1) is 0 Å². The molecule has 0 radical (unpaired) electrons. The minimum atomic E-state index is -0.592. The highest BCUT2D eigenvalue weighted by molar-refractivity contribution is 5.15. The number of benzene rings is 2. The highest BCUT2D eigenvalue weighted by atomic mass is 16.5. The second kappa shape index (κ2) is 11.3. The van der Waals surface area contributed by atoms with E-state index in [2.05, 4.69) is 19.9 Å². The lowest BCUT2D eigenvalue weighted by atomic mass is 9.81. The van der Waals surface area contributed by atoms with E-state index in [1.807, 2.05) is 60.7 Å². The first kappa shape index (κ1) is 21.8. The van der Waals surface area contributed by atoms with E-state index in [0.717, 1.165) is 24.0 Å². The predicted octanol–water partition coefficient (Wildman–Crippen LogP) is 5.53. The molecule has 156 valence electrons. The van der Waals surface area contributed by atoms with Gasteiger partial charge in [-0.05, 0) is 36.3 Å². The zero-order valence-corrected chi connectivity index (χ0v) is 17.7. The van der Waals surface area contributed by atoms with Crippen LogP contribution >= 0.6 is 0 Å². The Morgan fingerprint density at radius 3 is 2.21 bits per heavy atom. The van der Waals surface area contributed by atoms with Crippen LogP contribution in [0.25, 0.3) is 0 Å². The zero-order chi connectivity index (χ0) is 20.5. The van der Waals surface area contributed by atoms with E-state index in [1.165, 1.54) is 12.0 Å². The third kappa shape index (κ3) is 6.81. The Hall–Kier alpha value is -1.94. The van der Waals surface area contributed by atoms with E-state index in [9.17, 15) is 5.11 Å². The molecular formula is C26H34O3. The molecule has 2 aromatic rings. The van der Waals surface area contributed by atoms with Crippen LogP contribution in [0.15, 0.2) is 72.3 Å². The van der Waals surface area contributed by atoms with Crippen molar-refractivity contribution >= 4 is 0 Å². The van der Waals surface area contributed by atoms with Crippen LogP contribution in [0.1, 0.15) is 44.2 Å². The average Bonchev–Trinajstić information content (AvgIpc) is 2.76. The van der Waals surface area contributed by atoms with Crippen LogP contribution in [0.5, 0.6) is 0 Å². The van der Waals surface area contributed by atoms with Crippen molar-refractivity contribution < 1.29 is 14.6 Å². The van der Waals surface area contributed by atoms with Crippen molar-refractivity contribution in [1.82, 2.24) is 0 Å². The average molecular weight is 395 g/mol. The molecule has 0 saturated heterocycles. The van der Waals surface area contributed by atoms with Gasteiger partial charge in [-0.1, -0.05) is 86.2 Å². The Bertz CT molecular complexity index is 741. The molecule has 0 amide bonds. The van der Waals surface area contributed by atoms with Crippen molar-refractivity contribution in [3.8, 4) is 0 Å². The van der Waals surface area contributed by atoms with Gasteiger partial charge in [0.1, 0.15) is 6.10 Å². The first-order valence-electron chi connectivity index (χ1n) is 10.8. The Morgan fingerprint density at radius 2 is 1.59 bits per heavy atom. The van der Waals surface area contributed by atoms with E-state index in [0.29, 0.717) is 25.7 Å². The summed E-state index contributed by atoms with van der Waals surface area (Å²) in [6.07, 6.45) is 4.76. The number of aliphatic hydroxyl groups is 1. The summed E-state index contributed by atoms with van der Waals surface area (Å²) in [4.78, 5) is 0. The molecule has 0 fully saturated rings. The van der Waals surface area contributed by atoms with Crippen LogP contribution < -0.4 is 0 Å². The molecule has 0 heterocycles. The molecule has 0 spiro atoms. The second-order valence-electron chi connectivity index (χ2n) is 8.28. The minimum absolute atomic E-state index is 0.0684. The summed E-state index contributed by atoms with van der Waals surface area (Å²) in [6.45, 7) is 5.77. The van der Waals surface area contributed by atoms with Gasteiger partial charge in [0.15, 0.2) is 0 Å². The maximum Gasteiger partial charge on any atom is 0.108 e. The Labute approximate surface area is 175 Å². The standard InChI is InChI=1S/C26H34O3/c1-20-10-9-15-24(16-20)21(2)26(27)25(29-18-23-13-7-4-8-14-23)19-28-17-22-11-5-3-6-12-22/h3-8,11-15,20-21,25-27H,9-10,16-19H2,1-2H3/t20-,21-,25-,26-/m1/s1. The summed E-state index contributed by atoms with van der Waals surface area (Å²) in [5.74, 6) is 0.751. The lowest BCUT2D eigenvalue weighted by Crippen LogP contribution is -2.39. The van der Waals surface area contributed by atoms with Gasteiger partial charge in [0.25, 0.3) is 0 Å².